The maximum absolute atomic E-state index is 13.1. The second-order valence-corrected chi connectivity index (χ2v) is 5.74. The standard InChI is InChI=1S/C14H11FIN5O/c15-10-3-1-2-9(6-10)8-21-5-4-12(20-21)18-14(22)13-11(16)7-17-19-13/h1-7H,8H2,(H,17,19)(H,18,20,22). The summed E-state index contributed by atoms with van der Waals surface area (Å²) in [5, 5.41) is 13.4. The first-order valence-corrected chi connectivity index (χ1v) is 7.48. The predicted molar refractivity (Wildman–Crippen MR) is 87.0 cm³/mol. The summed E-state index contributed by atoms with van der Waals surface area (Å²) in [6, 6.07) is 7.99. The number of nitrogens with one attached hydrogen (secondary N) is 2. The Labute approximate surface area is 138 Å². The molecule has 0 aliphatic rings. The summed E-state index contributed by atoms with van der Waals surface area (Å²) in [4.78, 5) is 12.0. The van der Waals surface area contributed by atoms with Crippen LogP contribution in [0.2, 0.25) is 0 Å². The van der Waals surface area contributed by atoms with Crippen molar-refractivity contribution in [3.63, 3.8) is 0 Å². The van der Waals surface area contributed by atoms with Gasteiger partial charge in [0.15, 0.2) is 5.82 Å². The summed E-state index contributed by atoms with van der Waals surface area (Å²) in [6.07, 6.45) is 3.29. The van der Waals surface area contributed by atoms with E-state index in [4.69, 9.17) is 0 Å². The fourth-order valence-corrected chi connectivity index (χ4v) is 2.45. The largest absolute Gasteiger partial charge is 0.304 e. The molecule has 3 aromatic rings. The molecule has 22 heavy (non-hydrogen) atoms. The zero-order valence-corrected chi connectivity index (χ0v) is 13.4. The number of anilines is 1. The van der Waals surface area contributed by atoms with E-state index < -0.39 is 0 Å². The Morgan fingerprint density at radius 3 is 3.00 bits per heavy atom. The Kier molecular flexibility index (Phi) is 4.18. The van der Waals surface area contributed by atoms with E-state index in [0.717, 1.165) is 9.13 Å². The highest BCUT2D eigenvalue weighted by Gasteiger charge is 2.13. The lowest BCUT2D eigenvalue weighted by atomic mass is 10.2. The van der Waals surface area contributed by atoms with Crippen molar-refractivity contribution in [3.05, 3.63) is 63.4 Å². The van der Waals surface area contributed by atoms with Gasteiger partial charge < -0.3 is 5.32 Å². The van der Waals surface area contributed by atoms with Gasteiger partial charge in [-0.3, -0.25) is 14.6 Å². The number of aromatic amines is 1. The number of amides is 1. The Hall–Kier alpha value is -2.23. The van der Waals surface area contributed by atoms with Crippen molar-refractivity contribution in [1.82, 2.24) is 20.0 Å². The first kappa shape index (κ1) is 14.7. The van der Waals surface area contributed by atoms with E-state index in [0.29, 0.717) is 18.1 Å². The molecule has 2 aromatic heterocycles. The van der Waals surface area contributed by atoms with Crippen molar-refractivity contribution in [2.24, 2.45) is 0 Å². The SMILES string of the molecule is O=C(Nc1ccn(Cc2cccc(F)c2)n1)c1[nH]ncc1I. The third kappa shape index (κ3) is 3.32. The van der Waals surface area contributed by atoms with Crippen molar-refractivity contribution in [1.29, 1.82) is 0 Å². The van der Waals surface area contributed by atoms with E-state index in [-0.39, 0.29) is 11.7 Å². The maximum Gasteiger partial charge on any atom is 0.275 e. The van der Waals surface area contributed by atoms with Crippen molar-refractivity contribution in [3.8, 4) is 0 Å². The summed E-state index contributed by atoms with van der Waals surface area (Å²) in [6.45, 7) is 0.426. The molecule has 3 rings (SSSR count). The van der Waals surface area contributed by atoms with E-state index in [1.807, 2.05) is 28.7 Å². The summed E-state index contributed by atoms with van der Waals surface area (Å²) in [7, 11) is 0. The van der Waals surface area contributed by atoms with Crippen LogP contribution in [0.15, 0.2) is 42.7 Å². The molecule has 0 radical (unpaired) electrons. The third-order valence-corrected chi connectivity index (χ3v) is 3.75. The van der Waals surface area contributed by atoms with Gasteiger partial charge in [-0.1, -0.05) is 12.1 Å². The van der Waals surface area contributed by atoms with Crippen LogP contribution in [0.3, 0.4) is 0 Å². The second-order valence-electron chi connectivity index (χ2n) is 4.58. The number of nitrogens with zero attached hydrogens (tertiary/aromatic N) is 3. The zero-order chi connectivity index (χ0) is 15.5. The highest BCUT2D eigenvalue weighted by molar-refractivity contribution is 14.1. The molecule has 6 nitrogen and oxygen atoms in total. The Morgan fingerprint density at radius 1 is 1.41 bits per heavy atom. The first-order chi connectivity index (χ1) is 10.6. The van der Waals surface area contributed by atoms with Crippen molar-refractivity contribution in [2.45, 2.75) is 6.54 Å². The zero-order valence-electron chi connectivity index (χ0n) is 11.3. The van der Waals surface area contributed by atoms with Gasteiger partial charge in [0.1, 0.15) is 11.5 Å². The van der Waals surface area contributed by atoms with Crippen LogP contribution in [0.5, 0.6) is 0 Å². The number of carbonyl (C=O) groups is 1. The van der Waals surface area contributed by atoms with Crippen LogP contribution < -0.4 is 5.32 Å². The fraction of sp³-hybridized carbons (Fsp3) is 0.0714. The summed E-state index contributed by atoms with van der Waals surface area (Å²) >= 11 is 2.02. The van der Waals surface area contributed by atoms with E-state index in [1.165, 1.54) is 12.1 Å². The van der Waals surface area contributed by atoms with Gasteiger partial charge in [0.05, 0.1) is 16.3 Å². The minimum Gasteiger partial charge on any atom is -0.304 e. The molecule has 0 spiro atoms. The number of aromatic nitrogens is 4. The highest BCUT2D eigenvalue weighted by atomic mass is 127. The molecule has 0 saturated carbocycles. The van der Waals surface area contributed by atoms with Crippen LogP contribution in [0.25, 0.3) is 0 Å². The second kappa shape index (κ2) is 6.26. The molecule has 8 heteroatoms. The maximum atomic E-state index is 13.1. The minimum absolute atomic E-state index is 0.285. The molecule has 0 unspecified atom stereocenters. The Bertz CT molecular complexity index is 813. The van der Waals surface area contributed by atoms with Gasteiger partial charge in [0, 0.05) is 12.3 Å². The molecule has 0 atom stereocenters. The number of H-pyrrole nitrogens is 1. The van der Waals surface area contributed by atoms with Crippen molar-refractivity contribution < 1.29 is 9.18 Å². The van der Waals surface area contributed by atoms with E-state index >= 15 is 0 Å². The first-order valence-electron chi connectivity index (χ1n) is 6.40. The molecule has 112 valence electrons. The molecule has 0 aliphatic heterocycles. The van der Waals surface area contributed by atoms with Crippen molar-refractivity contribution >= 4 is 34.3 Å². The van der Waals surface area contributed by atoms with Gasteiger partial charge in [-0.25, -0.2) is 4.39 Å². The number of hydrogen-bond donors (Lipinski definition) is 2. The molecule has 0 fully saturated rings. The molecule has 1 aromatic carbocycles. The van der Waals surface area contributed by atoms with Gasteiger partial charge in [-0.2, -0.15) is 10.2 Å². The molecule has 2 heterocycles. The quantitative estimate of drug-likeness (QED) is 0.649. The van der Waals surface area contributed by atoms with Crippen LogP contribution >= 0.6 is 22.6 Å². The van der Waals surface area contributed by atoms with Crippen LogP contribution in [0, 0.1) is 9.39 Å². The van der Waals surface area contributed by atoms with Gasteiger partial charge in [0.2, 0.25) is 0 Å². The Morgan fingerprint density at radius 2 is 2.27 bits per heavy atom. The molecule has 0 saturated heterocycles. The average molecular weight is 411 g/mol. The molecule has 0 bridgehead atoms. The smallest absolute Gasteiger partial charge is 0.275 e. The topological polar surface area (TPSA) is 75.6 Å². The number of hydrogen-bond acceptors (Lipinski definition) is 3. The van der Waals surface area contributed by atoms with Gasteiger partial charge in [-0.15, -0.1) is 0 Å². The molecule has 0 aliphatic carbocycles. The van der Waals surface area contributed by atoms with Crippen LogP contribution in [-0.2, 0) is 6.54 Å². The highest BCUT2D eigenvalue weighted by Crippen LogP contribution is 2.12. The number of halogens is 2. The summed E-state index contributed by atoms with van der Waals surface area (Å²) < 4.78 is 15.5. The lowest BCUT2D eigenvalue weighted by molar-refractivity contribution is 0.102. The summed E-state index contributed by atoms with van der Waals surface area (Å²) in [5.41, 5.74) is 1.18. The van der Waals surface area contributed by atoms with E-state index in [2.05, 4.69) is 20.6 Å². The number of rotatable bonds is 4. The van der Waals surface area contributed by atoms with Gasteiger partial charge in [-0.05, 0) is 40.3 Å². The van der Waals surface area contributed by atoms with Crippen LogP contribution in [0.1, 0.15) is 16.1 Å². The molecular formula is C14H11FIN5O. The summed E-state index contributed by atoms with van der Waals surface area (Å²) in [5.74, 6) is -0.170. The van der Waals surface area contributed by atoms with Crippen molar-refractivity contribution in [2.75, 3.05) is 5.32 Å². The Balaban J connectivity index is 1.69. The van der Waals surface area contributed by atoms with E-state index in [9.17, 15) is 9.18 Å². The average Bonchev–Trinajstić information content (AvgIpc) is 3.08. The minimum atomic E-state index is -0.307. The predicted octanol–water partition coefficient (Wildman–Crippen LogP) is 2.65. The lowest BCUT2D eigenvalue weighted by Crippen LogP contribution is -2.14. The fourth-order valence-electron chi connectivity index (χ4n) is 1.95. The molecule has 2 N–H and O–H groups in total. The molecule has 1 amide bonds. The van der Waals surface area contributed by atoms with E-state index in [1.54, 1.807) is 29.2 Å². The van der Waals surface area contributed by atoms with Crippen LogP contribution in [0.4, 0.5) is 10.2 Å². The number of benzene rings is 1. The monoisotopic (exact) mass is 411 g/mol. The van der Waals surface area contributed by atoms with Crippen LogP contribution in [-0.4, -0.2) is 25.9 Å². The normalized spacial score (nSPS) is 10.6. The third-order valence-electron chi connectivity index (χ3n) is 2.94. The van der Waals surface area contributed by atoms with Gasteiger partial charge >= 0.3 is 0 Å². The lowest BCUT2D eigenvalue weighted by Gasteiger charge is -2.02. The van der Waals surface area contributed by atoms with Gasteiger partial charge in [0.25, 0.3) is 5.91 Å². The molecular weight excluding hydrogens is 400 g/mol. The number of carbonyl (C=O) groups excluding carboxylic acids is 1.